The Bertz CT molecular complexity index is 281. The second-order valence-electron chi connectivity index (χ2n) is 6.16. The SMILES string of the molecule is CC(C)CC(CN(C)C)NC(=O)[C@@H]1CC[C@H](CN)O1.Cl.Cl. The van der Waals surface area contributed by atoms with Crippen molar-refractivity contribution < 1.29 is 9.53 Å². The molecule has 0 aromatic rings. The summed E-state index contributed by atoms with van der Waals surface area (Å²) in [6, 6.07) is 0.183. The van der Waals surface area contributed by atoms with Crippen molar-refractivity contribution in [1.29, 1.82) is 0 Å². The van der Waals surface area contributed by atoms with Crippen LogP contribution < -0.4 is 11.1 Å². The molecule has 0 aromatic carbocycles. The molecule has 1 fully saturated rings. The first-order valence-electron chi connectivity index (χ1n) is 7.23. The third-order valence-corrected chi connectivity index (χ3v) is 3.35. The molecule has 0 saturated carbocycles. The molecule has 5 nitrogen and oxygen atoms in total. The Morgan fingerprint density at radius 3 is 2.38 bits per heavy atom. The Morgan fingerprint density at radius 1 is 1.33 bits per heavy atom. The van der Waals surface area contributed by atoms with Crippen LogP contribution in [0.4, 0.5) is 0 Å². The number of hydrogen-bond acceptors (Lipinski definition) is 4. The van der Waals surface area contributed by atoms with Crippen LogP contribution in [0.2, 0.25) is 0 Å². The average molecular weight is 344 g/mol. The Kier molecular flexibility index (Phi) is 12.7. The van der Waals surface area contributed by atoms with Crippen LogP contribution in [0.1, 0.15) is 33.1 Å². The summed E-state index contributed by atoms with van der Waals surface area (Å²) in [7, 11) is 4.05. The van der Waals surface area contributed by atoms with Crippen LogP contribution in [0.15, 0.2) is 0 Å². The predicted octanol–water partition coefficient (Wildman–Crippen LogP) is 1.43. The average Bonchev–Trinajstić information content (AvgIpc) is 2.75. The maximum Gasteiger partial charge on any atom is 0.249 e. The number of nitrogens with zero attached hydrogens (tertiary/aromatic N) is 1. The topological polar surface area (TPSA) is 67.6 Å². The van der Waals surface area contributed by atoms with Gasteiger partial charge in [-0.3, -0.25) is 4.79 Å². The van der Waals surface area contributed by atoms with Gasteiger partial charge in [0.05, 0.1) is 6.10 Å². The highest BCUT2D eigenvalue weighted by molar-refractivity contribution is 5.85. The van der Waals surface area contributed by atoms with Gasteiger partial charge in [0.1, 0.15) is 6.10 Å². The Hall–Kier alpha value is -0.0700. The third kappa shape index (κ3) is 8.83. The van der Waals surface area contributed by atoms with Crippen molar-refractivity contribution in [2.24, 2.45) is 11.7 Å². The zero-order valence-electron chi connectivity index (χ0n) is 13.5. The molecular weight excluding hydrogens is 313 g/mol. The van der Waals surface area contributed by atoms with Crippen LogP contribution in [0.5, 0.6) is 0 Å². The molecule has 0 spiro atoms. The van der Waals surface area contributed by atoms with Gasteiger partial charge in [0.15, 0.2) is 0 Å². The number of carbonyl (C=O) groups excluding carboxylic acids is 1. The molecule has 3 N–H and O–H groups in total. The fourth-order valence-corrected chi connectivity index (χ4v) is 2.56. The van der Waals surface area contributed by atoms with Gasteiger partial charge >= 0.3 is 0 Å². The number of halogens is 2. The van der Waals surface area contributed by atoms with E-state index in [1.165, 1.54) is 0 Å². The van der Waals surface area contributed by atoms with Gasteiger partial charge in [0.25, 0.3) is 0 Å². The van der Waals surface area contributed by atoms with E-state index < -0.39 is 0 Å². The van der Waals surface area contributed by atoms with Gasteiger partial charge in [-0.2, -0.15) is 0 Å². The second kappa shape index (κ2) is 11.5. The number of rotatable bonds is 7. The summed E-state index contributed by atoms with van der Waals surface area (Å²) in [4.78, 5) is 14.3. The monoisotopic (exact) mass is 343 g/mol. The number of likely N-dealkylation sites (N-methyl/N-ethyl adjacent to an activating group) is 1. The molecule has 1 unspecified atom stereocenters. The first-order chi connectivity index (χ1) is 8.92. The Labute approximate surface area is 141 Å². The lowest BCUT2D eigenvalue weighted by Crippen LogP contribution is -2.46. The third-order valence-electron chi connectivity index (χ3n) is 3.35. The minimum absolute atomic E-state index is 0. The molecule has 3 atom stereocenters. The predicted molar refractivity (Wildman–Crippen MR) is 91.4 cm³/mol. The lowest BCUT2D eigenvalue weighted by atomic mass is 10.0. The molecule has 1 aliphatic rings. The van der Waals surface area contributed by atoms with Gasteiger partial charge in [-0.15, -0.1) is 24.8 Å². The number of hydrogen-bond donors (Lipinski definition) is 2. The van der Waals surface area contributed by atoms with Crippen molar-refractivity contribution in [2.75, 3.05) is 27.2 Å². The first kappa shape index (κ1) is 23.2. The highest BCUT2D eigenvalue weighted by atomic mass is 35.5. The van der Waals surface area contributed by atoms with Crippen LogP contribution in [0.3, 0.4) is 0 Å². The smallest absolute Gasteiger partial charge is 0.249 e. The van der Waals surface area contributed by atoms with Crippen molar-refractivity contribution in [2.45, 2.75) is 51.4 Å². The van der Waals surface area contributed by atoms with Crippen molar-refractivity contribution in [1.82, 2.24) is 10.2 Å². The Balaban J connectivity index is 0. The number of ether oxygens (including phenoxy) is 1. The van der Waals surface area contributed by atoms with E-state index in [0.29, 0.717) is 12.5 Å². The lowest BCUT2D eigenvalue weighted by molar-refractivity contribution is -0.132. The number of amides is 1. The van der Waals surface area contributed by atoms with E-state index in [1.807, 2.05) is 14.1 Å². The maximum atomic E-state index is 12.2. The first-order valence-corrected chi connectivity index (χ1v) is 7.23. The largest absolute Gasteiger partial charge is 0.364 e. The van der Waals surface area contributed by atoms with Crippen LogP contribution >= 0.6 is 24.8 Å². The van der Waals surface area contributed by atoms with Gasteiger partial charge in [-0.25, -0.2) is 0 Å². The molecule has 0 bridgehead atoms. The molecule has 0 aliphatic carbocycles. The van der Waals surface area contributed by atoms with Gasteiger partial charge in [0.2, 0.25) is 5.91 Å². The second-order valence-corrected chi connectivity index (χ2v) is 6.16. The summed E-state index contributed by atoms with van der Waals surface area (Å²) in [5.41, 5.74) is 5.57. The molecule has 1 heterocycles. The zero-order valence-corrected chi connectivity index (χ0v) is 15.1. The fourth-order valence-electron chi connectivity index (χ4n) is 2.56. The standard InChI is InChI=1S/C14H29N3O2.2ClH/c1-10(2)7-11(9-17(3)4)16-14(18)13-6-5-12(8-15)19-13;;/h10-13H,5-9,15H2,1-4H3,(H,16,18);2*1H/t11?,12-,13+;;/m1../s1. The molecular formula is C14H31Cl2N3O2. The summed E-state index contributed by atoms with van der Waals surface area (Å²) in [5, 5.41) is 3.12. The summed E-state index contributed by atoms with van der Waals surface area (Å²) in [6.07, 6.45) is 2.39. The fraction of sp³-hybridized carbons (Fsp3) is 0.929. The van der Waals surface area contributed by atoms with E-state index in [-0.39, 0.29) is 49.0 Å². The summed E-state index contributed by atoms with van der Waals surface area (Å²) < 4.78 is 5.63. The van der Waals surface area contributed by atoms with Crippen molar-refractivity contribution in [3.63, 3.8) is 0 Å². The van der Waals surface area contributed by atoms with Gasteiger partial charge in [-0.05, 0) is 39.3 Å². The van der Waals surface area contributed by atoms with Crippen LogP contribution in [0.25, 0.3) is 0 Å². The minimum Gasteiger partial charge on any atom is -0.364 e. The lowest BCUT2D eigenvalue weighted by Gasteiger charge is -2.25. The molecule has 1 aliphatic heterocycles. The molecule has 0 radical (unpaired) electrons. The van der Waals surface area contributed by atoms with Gasteiger partial charge in [0, 0.05) is 19.1 Å². The normalized spacial score (nSPS) is 22.6. The molecule has 0 aromatic heterocycles. The van der Waals surface area contributed by atoms with E-state index in [2.05, 4.69) is 24.1 Å². The highest BCUT2D eigenvalue weighted by Crippen LogP contribution is 2.19. The van der Waals surface area contributed by atoms with Crippen LogP contribution in [0, 0.1) is 5.92 Å². The maximum absolute atomic E-state index is 12.2. The van der Waals surface area contributed by atoms with Gasteiger partial charge < -0.3 is 20.7 Å². The van der Waals surface area contributed by atoms with E-state index in [4.69, 9.17) is 10.5 Å². The number of nitrogens with two attached hydrogens (primary N) is 1. The molecule has 21 heavy (non-hydrogen) atoms. The van der Waals surface area contributed by atoms with E-state index in [1.54, 1.807) is 0 Å². The van der Waals surface area contributed by atoms with Crippen molar-refractivity contribution in [3.05, 3.63) is 0 Å². The van der Waals surface area contributed by atoms with Crippen molar-refractivity contribution >= 4 is 30.7 Å². The highest BCUT2D eigenvalue weighted by Gasteiger charge is 2.31. The zero-order chi connectivity index (χ0) is 14.4. The minimum atomic E-state index is -0.314. The molecule has 1 rings (SSSR count). The Morgan fingerprint density at radius 2 is 1.95 bits per heavy atom. The number of nitrogens with one attached hydrogen (secondary N) is 1. The van der Waals surface area contributed by atoms with E-state index >= 15 is 0 Å². The summed E-state index contributed by atoms with van der Waals surface area (Å²) in [6.45, 7) is 5.70. The van der Waals surface area contributed by atoms with Gasteiger partial charge in [-0.1, -0.05) is 13.8 Å². The van der Waals surface area contributed by atoms with E-state index in [9.17, 15) is 4.79 Å². The summed E-state index contributed by atoms with van der Waals surface area (Å²) >= 11 is 0. The van der Waals surface area contributed by atoms with Crippen LogP contribution in [-0.2, 0) is 9.53 Å². The van der Waals surface area contributed by atoms with Crippen molar-refractivity contribution in [3.8, 4) is 0 Å². The number of carbonyl (C=O) groups is 1. The van der Waals surface area contributed by atoms with E-state index in [0.717, 1.165) is 25.8 Å². The molecule has 1 amide bonds. The summed E-state index contributed by atoms with van der Waals surface area (Å²) in [5.74, 6) is 0.579. The molecule has 7 heteroatoms. The molecule has 1 saturated heterocycles. The molecule has 128 valence electrons. The quantitative estimate of drug-likeness (QED) is 0.733. The van der Waals surface area contributed by atoms with Crippen LogP contribution in [-0.4, -0.2) is 56.2 Å².